The van der Waals surface area contributed by atoms with Crippen LogP contribution in [0.4, 0.5) is 0 Å². The Labute approximate surface area is 162 Å². The first-order chi connectivity index (χ1) is 10.9. The summed E-state index contributed by atoms with van der Waals surface area (Å²) in [5.41, 5.74) is 12.4. The van der Waals surface area contributed by atoms with Crippen molar-refractivity contribution in [2.75, 3.05) is 0 Å². The van der Waals surface area contributed by atoms with Crippen molar-refractivity contribution >= 4 is 3.27 Å². The fourth-order valence-corrected chi connectivity index (χ4v) is 5.08. The van der Waals surface area contributed by atoms with Crippen LogP contribution in [-0.2, 0) is 42.0 Å². The second-order valence-electron chi connectivity index (χ2n) is 9.45. The van der Waals surface area contributed by atoms with Crippen LogP contribution >= 0.6 is 0 Å². The molecule has 0 atom stereocenters. The number of aryl methyl sites for hydroxylation is 1. The Morgan fingerprint density at radius 3 is 1.88 bits per heavy atom. The summed E-state index contributed by atoms with van der Waals surface area (Å²) in [7, 11) is 0. The summed E-state index contributed by atoms with van der Waals surface area (Å²) in [6.07, 6.45) is 1.11. The molecule has 0 aliphatic heterocycles. The van der Waals surface area contributed by atoms with E-state index >= 15 is 0 Å². The molecule has 0 N–H and O–H groups in total. The molecule has 0 bridgehead atoms. The van der Waals surface area contributed by atoms with E-state index in [1.807, 2.05) is 0 Å². The Balaban J connectivity index is 2.30. The first kappa shape index (κ1) is 18.1. The summed E-state index contributed by atoms with van der Waals surface area (Å²) < 4.78 is 1.58. The molecule has 0 fully saturated rings. The molecule has 24 heavy (non-hydrogen) atoms. The average Bonchev–Trinajstić information content (AvgIpc) is 2.77. The molecule has 2 aromatic carbocycles. The van der Waals surface area contributed by atoms with Gasteiger partial charge in [-0.05, 0) is 0 Å². The van der Waals surface area contributed by atoms with Gasteiger partial charge in [-0.1, -0.05) is 0 Å². The molecule has 0 heterocycles. The van der Waals surface area contributed by atoms with Gasteiger partial charge in [0.25, 0.3) is 0 Å². The summed E-state index contributed by atoms with van der Waals surface area (Å²) in [4.78, 5) is 0. The van der Waals surface area contributed by atoms with Gasteiger partial charge in [0, 0.05) is 0 Å². The van der Waals surface area contributed by atoms with Gasteiger partial charge in [-0.15, -0.1) is 0 Å². The number of fused-ring (bicyclic) bond motifs is 3. The Hall–Kier alpha value is -0.677. The average molecular weight is 397 g/mol. The van der Waals surface area contributed by atoms with Crippen molar-refractivity contribution in [1.29, 1.82) is 0 Å². The van der Waals surface area contributed by atoms with Gasteiger partial charge in [0.05, 0.1) is 0 Å². The molecule has 0 nitrogen and oxygen atoms in total. The zero-order valence-electron chi connectivity index (χ0n) is 16.4. The second-order valence-corrected chi connectivity index (χ2v) is 10.7. The molecule has 0 radical (unpaired) electrons. The molecule has 1 aliphatic rings. The van der Waals surface area contributed by atoms with Crippen LogP contribution in [0.3, 0.4) is 0 Å². The zero-order valence-corrected chi connectivity index (χ0v) is 18.9. The Morgan fingerprint density at radius 1 is 0.792 bits per heavy atom. The summed E-state index contributed by atoms with van der Waals surface area (Å²) in [6, 6.07) is 7.41. The van der Waals surface area contributed by atoms with Crippen LogP contribution < -0.4 is 3.27 Å². The summed E-state index contributed by atoms with van der Waals surface area (Å²) in [5.74, 6) is 0. The maximum atomic E-state index is 2.49. The molecule has 0 aromatic heterocycles. The van der Waals surface area contributed by atoms with Gasteiger partial charge in [-0.25, -0.2) is 0 Å². The predicted octanol–water partition coefficient (Wildman–Crippen LogP) is 5.64. The van der Waals surface area contributed by atoms with E-state index in [2.05, 4.69) is 73.6 Å². The summed E-state index contributed by atoms with van der Waals surface area (Å²) in [6.45, 7) is 18.6. The van der Waals surface area contributed by atoms with E-state index in [1.165, 1.54) is 38.9 Å². The quantitative estimate of drug-likeness (QED) is 0.461. The van der Waals surface area contributed by atoms with Crippen LogP contribution in [0.1, 0.15) is 74.9 Å². The van der Waals surface area contributed by atoms with E-state index in [0.29, 0.717) is 0 Å². The van der Waals surface area contributed by atoms with Crippen molar-refractivity contribution in [3.63, 3.8) is 0 Å². The fourth-order valence-electron chi connectivity index (χ4n) is 4.20. The van der Waals surface area contributed by atoms with Gasteiger partial charge < -0.3 is 0 Å². The van der Waals surface area contributed by atoms with E-state index in [4.69, 9.17) is 0 Å². The van der Waals surface area contributed by atoms with Crippen molar-refractivity contribution in [1.82, 2.24) is 0 Å². The van der Waals surface area contributed by atoms with Crippen LogP contribution in [0, 0.1) is 13.8 Å². The molecule has 0 unspecified atom stereocenters. The maximum absolute atomic E-state index is 2.49. The SMILES string of the molecule is Cc1cc2c(cc1C(C)(C)C)-c1cc(C(C)(C)C)c(C)[c]([Zr])c1C2. The first-order valence-electron chi connectivity index (χ1n) is 8.94. The van der Waals surface area contributed by atoms with Crippen LogP contribution in [0.2, 0.25) is 0 Å². The first-order valence-corrected chi connectivity index (χ1v) is 10.2. The molecule has 0 spiro atoms. The summed E-state index contributed by atoms with van der Waals surface area (Å²) >= 11 is 1.55. The molecule has 3 rings (SSSR count). The minimum absolute atomic E-state index is 0.195. The van der Waals surface area contributed by atoms with Crippen molar-refractivity contribution < 1.29 is 24.7 Å². The summed E-state index contributed by atoms with van der Waals surface area (Å²) in [5, 5.41) is 0. The van der Waals surface area contributed by atoms with Crippen LogP contribution in [0.25, 0.3) is 11.1 Å². The zero-order chi connectivity index (χ0) is 18.0. The molecular weight excluding hydrogens is 367 g/mol. The monoisotopic (exact) mass is 395 g/mol. The van der Waals surface area contributed by atoms with Crippen LogP contribution in [0.5, 0.6) is 0 Å². The Bertz CT molecular complexity index is 827. The molecule has 2 aromatic rings. The van der Waals surface area contributed by atoms with Crippen molar-refractivity contribution in [2.24, 2.45) is 0 Å². The van der Waals surface area contributed by atoms with Gasteiger partial charge in [-0.3, -0.25) is 0 Å². The molecule has 0 saturated heterocycles. The Kier molecular flexibility index (Phi) is 4.28. The standard InChI is InChI=1S/C23H29.Zr/c1-14-9-16-11-17-10-15(2)21(23(6,7)8)13-19(17)18(16)12-20(14)22(3,4)5;/h9,12-13H,11H2,1-8H3;. The third kappa shape index (κ3) is 2.88. The number of benzene rings is 2. The normalized spacial score (nSPS) is 13.8. The van der Waals surface area contributed by atoms with Gasteiger partial charge in [-0.2, -0.15) is 0 Å². The molecule has 0 amide bonds. The topological polar surface area (TPSA) is 0 Å². The van der Waals surface area contributed by atoms with Crippen molar-refractivity contribution in [3.8, 4) is 11.1 Å². The third-order valence-electron chi connectivity index (χ3n) is 5.42. The van der Waals surface area contributed by atoms with Gasteiger partial charge >= 0.3 is 163 Å². The number of rotatable bonds is 0. The van der Waals surface area contributed by atoms with E-state index < -0.39 is 0 Å². The second kappa shape index (κ2) is 5.67. The van der Waals surface area contributed by atoms with Crippen LogP contribution in [0.15, 0.2) is 18.2 Å². The molecule has 1 aliphatic carbocycles. The molecule has 1 heteroatoms. The molecule has 125 valence electrons. The minimum atomic E-state index is 0.195. The fraction of sp³-hybridized carbons (Fsp3) is 0.478. The van der Waals surface area contributed by atoms with Crippen molar-refractivity contribution in [2.45, 2.75) is 72.6 Å². The molecular formula is C23H29Zr. The van der Waals surface area contributed by atoms with E-state index in [1.54, 1.807) is 33.6 Å². The van der Waals surface area contributed by atoms with Crippen molar-refractivity contribution in [3.05, 3.63) is 51.6 Å². The van der Waals surface area contributed by atoms with E-state index in [-0.39, 0.29) is 10.8 Å². The molecule has 0 saturated carbocycles. The van der Waals surface area contributed by atoms with E-state index in [9.17, 15) is 0 Å². The van der Waals surface area contributed by atoms with Gasteiger partial charge in [0.1, 0.15) is 0 Å². The van der Waals surface area contributed by atoms with Gasteiger partial charge in [0.2, 0.25) is 0 Å². The Morgan fingerprint density at radius 2 is 1.33 bits per heavy atom. The number of hydrogen-bond acceptors (Lipinski definition) is 0. The van der Waals surface area contributed by atoms with Crippen LogP contribution in [-0.4, -0.2) is 0 Å². The van der Waals surface area contributed by atoms with Gasteiger partial charge in [0.15, 0.2) is 0 Å². The predicted molar refractivity (Wildman–Crippen MR) is 101 cm³/mol. The third-order valence-corrected chi connectivity index (χ3v) is 7.08. The number of hydrogen-bond donors (Lipinski definition) is 0. The van der Waals surface area contributed by atoms with E-state index in [0.717, 1.165) is 6.42 Å².